The molecular formula is C11H9N3OS. The fourth-order valence-electron chi connectivity index (χ4n) is 1.62. The largest absolute Gasteiger partial charge is 0.276 e. The maximum Gasteiger partial charge on any atom is 0.268 e. The van der Waals surface area contributed by atoms with E-state index in [-0.39, 0.29) is 11.4 Å². The van der Waals surface area contributed by atoms with Gasteiger partial charge in [0, 0.05) is 0 Å². The Labute approximate surface area is 97.0 Å². The number of nitrogens with one attached hydrogen (secondary N) is 1. The highest BCUT2D eigenvalue weighted by molar-refractivity contribution is 8.05. The standard InChI is InChI=1S/C11H9N3OS/c15-10-9(6-8-4-2-1-3-5-8)16-11-13-12-7-14(10)11/h1-7,11,13H/b9-6-. The van der Waals surface area contributed by atoms with Gasteiger partial charge in [0.1, 0.15) is 6.34 Å². The molecule has 5 heteroatoms. The molecule has 0 saturated carbocycles. The first kappa shape index (κ1) is 9.47. The van der Waals surface area contributed by atoms with E-state index in [9.17, 15) is 4.79 Å². The van der Waals surface area contributed by atoms with Gasteiger partial charge in [0.2, 0.25) is 0 Å². The van der Waals surface area contributed by atoms with Crippen LogP contribution in [-0.4, -0.2) is 22.6 Å². The number of fused-ring (bicyclic) bond motifs is 1. The van der Waals surface area contributed by atoms with E-state index in [1.807, 2.05) is 36.4 Å². The average molecular weight is 231 g/mol. The second kappa shape index (κ2) is 3.68. The molecule has 1 fully saturated rings. The Morgan fingerprint density at radius 3 is 2.94 bits per heavy atom. The summed E-state index contributed by atoms with van der Waals surface area (Å²) in [5.41, 5.74) is 3.83. The van der Waals surface area contributed by atoms with Crippen molar-refractivity contribution in [2.75, 3.05) is 0 Å². The molecule has 16 heavy (non-hydrogen) atoms. The lowest BCUT2D eigenvalue weighted by atomic mass is 10.2. The van der Waals surface area contributed by atoms with E-state index in [0.717, 1.165) is 10.5 Å². The molecule has 4 nitrogen and oxygen atoms in total. The van der Waals surface area contributed by atoms with Gasteiger partial charge in [0.05, 0.1) is 4.91 Å². The van der Waals surface area contributed by atoms with Crippen molar-refractivity contribution in [2.24, 2.45) is 5.10 Å². The Morgan fingerprint density at radius 2 is 2.19 bits per heavy atom. The first-order valence-corrected chi connectivity index (χ1v) is 5.77. The number of nitrogens with zero attached hydrogens (tertiary/aromatic N) is 2. The summed E-state index contributed by atoms with van der Waals surface area (Å²) in [6, 6.07) is 9.82. The zero-order valence-corrected chi connectivity index (χ0v) is 9.15. The normalized spacial score (nSPS) is 25.0. The third-order valence-corrected chi connectivity index (χ3v) is 3.50. The molecule has 0 spiro atoms. The Hall–Kier alpha value is -1.75. The topological polar surface area (TPSA) is 44.7 Å². The number of carbonyl (C=O) groups is 1. The minimum atomic E-state index is -0.0672. The van der Waals surface area contributed by atoms with Gasteiger partial charge < -0.3 is 0 Å². The number of hydrazone groups is 1. The molecule has 0 radical (unpaired) electrons. The predicted octanol–water partition coefficient (Wildman–Crippen LogP) is 1.43. The molecule has 1 N–H and O–H groups in total. The Kier molecular flexibility index (Phi) is 2.18. The maximum absolute atomic E-state index is 11.9. The van der Waals surface area contributed by atoms with Gasteiger partial charge in [-0.25, -0.2) is 0 Å². The van der Waals surface area contributed by atoms with Crippen LogP contribution >= 0.6 is 11.8 Å². The first-order valence-electron chi connectivity index (χ1n) is 4.89. The van der Waals surface area contributed by atoms with Gasteiger partial charge in [0.15, 0.2) is 5.50 Å². The predicted molar refractivity (Wildman–Crippen MR) is 64.3 cm³/mol. The minimum absolute atomic E-state index is 0.00704. The van der Waals surface area contributed by atoms with E-state index < -0.39 is 0 Å². The van der Waals surface area contributed by atoms with E-state index in [1.54, 1.807) is 4.90 Å². The third-order valence-electron chi connectivity index (χ3n) is 2.40. The summed E-state index contributed by atoms with van der Waals surface area (Å²) in [6.07, 6.45) is 3.44. The number of hydrogen-bond donors (Lipinski definition) is 1. The summed E-state index contributed by atoms with van der Waals surface area (Å²) in [5, 5.41) is 3.84. The van der Waals surface area contributed by atoms with E-state index in [0.29, 0.717) is 0 Å². The zero-order chi connectivity index (χ0) is 11.0. The molecule has 3 rings (SSSR count). The first-order chi connectivity index (χ1) is 7.84. The monoisotopic (exact) mass is 231 g/mol. The highest BCUT2D eigenvalue weighted by atomic mass is 32.2. The molecule has 1 aromatic rings. The van der Waals surface area contributed by atoms with Crippen LogP contribution in [0.5, 0.6) is 0 Å². The van der Waals surface area contributed by atoms with Crippen molar-refractivity contribution >= 4 is 30.1 Å². The van der Waals surface area contributed by atoms with Crippen molar-refractivity contribution in [2.45, 2.75) is 5.50 Å². The molecule has 1 aromatic carbocycles. The van der Waals surface area contributed by atoms with Crippen molar-refractivity contribution in [1.82, 2.24) is 10.3 Å². The lowest BCUT2D eigenvalue weighted by molar-refractivity contribution is -0.122. The Balaban J connectivity index is 1.90. The van der Waals surface area contributed by atoms with Crippen LogP contribution in [0.25, 0.3) is 6.08 Å². The summed E-state index contributed by atoms with van der Waals surface area (Å²) in [5.74, 6) is 0.00704. The number of carbonyl (C=O) groups excluding carboxylic acids is 1. The lowest BCUT2D eigenvalue weighted by Crippen LogP contribution is -2.31. The van der Waals surface area contributed by atoms with Gasteiger partial charge in [-0.05, 0) is 11.6 Å². The van der Waals surface area contributed by atoms with Crippen molar-refractivity contribution in [3.63, 3.8) is 0 Å². The number of rotatable bonds is 1. The van der Waals surface area contributed by atoms with Crippen molar-refractivity contribution in [1.29, 1.82) is 0 Å². The van der Waals surface area contributed by atoms with Gasteiger partial charge in [-0.2, -0.15) is 5.10 Å². The van der Waals surface area contributed by atoms with E-state index in [2.05, 4.69) is 10.5 Å². The Bertz CT molecular complexity index is 483. The van der Waals surface area contributed by atoms with Crippen molar-refractivity contribution < 1.29 is 4.79 Å². The molecule has 2 aliphatic rings. The summed E-state index contributed by atoms with van der Waals surface area (Å²) in [7, 11) is 0. The molecule has 2 heterocycles. The maximum atomic E-state index is 11.9. The summed E-state index contributed by atoms with van der Waals surface area (Å²) >= 11 is 1.49. The van der Waals surface area contributed by atoms with Crippen LogP contribution in [0.15, 0.2) is 40.3 Å². The van der Waals surface area contributed by atoms with E-state index in [4.69, 9.17) is 0 Å². The quantitative estimate of drug-likeness (QED) is 0.744. The van der Waals surface area contributed by atoms with Gasteiger partial charge in [0.25, 0.3) is 5.91 Å². The van der Waals surface area contributed by atoms with Crippen LogP contribution in [0, 0.1) is 0 Å². The van der Waals surface area contributed by atoms with Gasteiger partial charge in [-0.3, -0.25) is 15.1 Å². The van der Waals surface area contributed by atoms with Crippen LogP contribution in [-0.2, 0) is 4.79 Å². The van der Waals surface area contributed by atoms with Crippen LogP contribution in [0.3, 0.4) is 0 Å². The molecule has 1 saturated heterocycles. The molecule has 2 aliphatic heterocycles. The highest BCUT2D eigenvalue weighted by Gasteiger charge is 2.37. The van der Waals surface area contributed by atoms with Gasteiger partial charge in [-0.15, -0.1) is 0 Å². The smallest absolute Gasteiger partial charge is 0.268 e. The zero-order valence-electron chi connectivity index (χ0n) is 8.33. The molecule has 0 bridgehead atoms. The van der Waals surface area contributed by atoms with E-state index >= 15 is 0 Å². The molecule has 0 aliphatic carbocycles. The summed E-state index contributed by atoms with van der Waals surface area (Å²) in [6.45, 7) is 0. The van der Waals surface area contributed by atoms with Gasteiger partial charge in [-0.1, -0.05) is 42.1 Å². The Morgan fingerprint density at radius 1 is 1.38 bits per heavy atom. The molecule has 1 unspecified atom stereocenters. The lowest BCUT2D eigenvalue weighted by Gasteiger charge is -2.07. The number of benzene rings is 1. The molecule has 0 aromatic heterocycles. The molecule has 80 valence electrons. The van der Waals surface area contributed by atoms with Crippen LogP contribution in [0.2, 0.25) is 0 Å². The second-order valence-corrected chi connectivity index (χ2v) is 4.60. The summed E-state index contributed by atoms with van der Waals surface area (Å²) in [4.78, 5) is 14.2. The van der Waals surface area contributed by atoms with Gasteiger partial charge >= 0.3 is 0 Å². The number of thioether (sulfide) groups is 1. The van der Waals surface area contributed by atoms with Crippen LogP contribution < -0.4 is 5.43 Å². The number of hydrogen-bond acceptors (Lipinski definition) is 4. The minimum Gasteiger partial charge on any atom is -0.276 e. The third kappa shape index (κ3) is 1.49. The molecular weight excluding hydrogens is 222 g/mol. The second-order valence-electron chi connectivity index (χ2n) is 3.48. The number of amides is 1. The van der Waals surface area contributed by atoms with Crippen molar-refractivity contribution in [3.05, 3.63) is 40.8 Å². The fourth-order valence-corrected chi connectivity index (χ4v) is 2.65. The molecule has 1 amide bonds. The molecule has 1 atom stereocenters. The fraction of sp³-hybridized carbons (Fsp3) is 0.0909. The van der Waals surface area contributed by atoms with E-state index in [1.165, 1.54) is 18.1 Å². The SMILES string of the molecule is O=C1/C(=C/c2ccccc2)SC2NN=CN12. The van der Waals surface area contributed by atoms with Crippen LogP contribution in [0.4, 0.5) is 0 Å². The van der Waals surface area contributed by atoms with Crippen LogP contribution in [0.1, 0.15) is 5.56 Å². The average Bonchev–Trinajstić information content (AvgIpc) is 2.86. The van der Waals surface area contributed by atoms with Crippen molar-refractivity contribution in [3.8, 4) is 0 Å². The highest BCUT2D eigenvalue weighted by Crippen LogP contribution is 2.35. The summed E-state index contributed by atoms with van der Waals surface area (Å²) < 4.78 is 0.